The molecule has 0 aliphatic heterocycles. The van der Waals surface area contributed by atoms with Gasteiger partial charge < -0.3 is 14.2 Å². The minimum Gasteiger partial charge on any atom is -0.481 e. The molecule has 0 spiro atoms. The predicted octanol–water partition coefficient (Wildman–Crippen LogP) is 0.908. The number of ether oxygens (including phenoxy) is 3. The lowest BCUT2D eigenvalue weighted by molar-refractivity contribution is -0.130. The molecule has 1 heterocycles. The van der Waals surface area contributed by atoms with E-state index in [9.17, 15) is 9.59 Å². The second-order valence-corrected chi connectivity index (χ2v) is 4.50. The Kier molecular flexibility index (Phi) is 4.16. The summed E-state index contributed by atoms with van der Waals surface area (Å²) in [7, 11) is 4.34. The normalized spacial score (nSPS) is 16.1. The second-order valence-electron chi connectivity index (χ2n) is 4.50. The van der Waals surface area contributed by atoms with Crippen LogP contribution in [-0.2, 0) is 9.59 Å². The van der Waals surface area contributed by atoms with E-state index in [1.165, 1.54) is 21.3 Å². The number of hydrogen-bond donors (Lipinski definition) is 0. The van der Waals surface area contributed by atoms with Crippen molar-refractivity contribution in [2.75, 3.05) is 21.3 Å². The van der Waals surface area contributed by atoms with Crippen molar-refractivity contribution in [1.82, 2.24) is 9.97 Å². The standard InChI is InChI=1S/C13H16N2O5/c1-18-11-10(7-4-8(16)6-9(17)5-7)12(19-2)15-13(14-11)20-3/h7H,4-6H2,1-3H3. The van der Waals surface area contributed by atoms with Crippen molar-refractivity contribution in [3.63, 3.8) is 0 Å². The largest absolute Gasteiger partial charge is 0.481 e. The van der Waals surface area contributed by atoms with Crippen LogP contribution in [0.1, 0.15) is 30.7 Å². The molecule has 0 bridgehead atoms. The predicted molar refractivity (Wildman–Crippen MR) is 68.3 cm³/mol. The van der Waals surface area contributed by atoms with E-state index in [0.717, 1.165) is 0 Å². The molecule has 0 unspecified atom stereocenters. The Balaban J connectivity index is 2.48. The van der Waals surface area contributed by atoms with Gasteiger partial charge in [-0.15, -0.1) is 0 Å². The lowest BCUT2D eigenvalue weighted by atomic mass is 9.83. The van der Waals surface area contributed by atoms with Crippen LogP contribution in [-0.4, -0.2) is 42.9 Å². The van der Waals surface area contributed by atoms with Crippen LogP contribution < -0.4 is 14.2 Å². The van der Waals surface area contributed by atoms with Crippen molar-refractivity contribution in [2.45, 2.75) is 25.2 Å². The van der Waals surface area contributed by atoms with E-state index in [-0.39, 0.29) is 54.5 Å². The van der Waals surface area contributed by atoms with Crippen LogP contribution >= 0.6 is 0 Å². The average Bonchev–Trinajstić information content (AvgIpc) is 2.44. The summed E-state index contributed by atoms with van der Waals surface area (Å²) in [6, 6.07) is 0.107. The van der Waals surface area contributed by atoms with Crippen molar-refractivity contribution in [2.24, 2.45) is 0 Å². The molecule has 1 fully saturated rings. The van der Waals surface area contributed by atoms with Gasteiger partial charge in [-0.05, 0) is 0 Å². The van der Waals surface area contributed by atoms with Gasteiger partial charge in [0.25, 0.3) is 0 Å². The fourth-order valence-electron chi connectivity index (χ4n) is 2.35. The Bertz CT molecular complexity index is 503. The highest BCUT2D eigenvalue weighted by Gasteiger charge is 2.32. The van der Waals surface area contributed by atoms with Gasteiger partial charge in [0.15, 0.2) is 0 Å². The fourth-order valence-corrected chi connectivity index (χ4v) is 2.35. The van der Waals surface area contributed by atoms with Gasteiger partial charge in [-0.25, -0.2) is 0 Å². The summed E-state index contributed by atoms with van der Waals surface area (Å²) in [5, 5.41) is 0. The van der Waals surface area contributed by atoms with Crippen molar-refractivity contribution < 1.29 is 23.8 Å². The van der Waals surface area contributed by atoms with E-state index in [2.05, 4.69) is 9.97 Å². The van der Waals surface area contributed by atoms with E-state index in [1.807, 2.05) is 0 Å². The number of Topliss-reactive ketones (excluding diaryl/α,β-unsaturated/α-hetero) is 2. The van der Waals surface area contributed by atoms with Gasteiger partial charge in [0.2, 0.25) is 11.8 Å². The summed E-state index contributed by atoms with van der Waals surface area (Å²) in [6.45, 7) is 0. The van der Waals surface area contributed by atoms with Crippen LogP contribution in [0.2, 0.25) is 0 Å². The minimum absolute atomic E-state index is 0.00184. The van der Waals surface area contributed by atoms with E-state index < -0.39 is 0 Å². The van der Waals surface area contributed by atoms with Gasteiger partial charge in [0, 0.05) is 18.8 Å². The first-order valence-electron chi connectivity index (χ1n) is 6.16. The van der Waals surface area contributed by atoms with Gasteiger partial charge in [-0.2, -0.15) is 9.97 Å². The summed E-state index contributed by atoms with van der Waals surface area (Å²) in [4.78, 5) is 31.4. The molecule has 7 heteroatoms. The quantitative estimate of drug-likeness (QED) is 0.757. The van der Waals surface area contributed by atoms with E-state index in [4.69, 9.17) is 14.2 Å². The van der Waals surface area contributed by atoms with Crippen LogP contribution in [0.15, 0.2) is 0 Å². The Morgan fingerprint density at radius 3 is 1.80 bits per heavy atom. The SMILES string of the molecule is COc1nc(OC)c(C2CC(=O)CC(=O)C2)c(OC)n1. The molecular formula is C13H16N2O5. The molecule has 1 saturated carbocycles. The first-order chi connectivity index (χ1) is 9.58. The molecule has 7 nitrogen and oxygen atoms in total. The molecule has 1 aromatic heterocycles. The van der Waals surface area contributed by atoms with Crippen LogP contribution in [0.3, 0.4) is 0 Å². The maximum atomic E-state index is 11.6. The molecule has 1 aliphatic rings. The number of rotatable bonds is 4. The number of hydrogen-bond acceptors (Lipinski definition) is 7. The first kappa shape index (κ1) is 14.2. The van der Waals surface area contributed by atoms with Gasteiger partial charge in [0.05, 0.1) is 33.3 Å². The molecular weight excluding hydrogens is 264 g/mol. The molecule has 108 valence electrons. The molecule has 0 aromatic carbocycles. The molecule has 0 N–H and O–H groups in total. The molecule has 0 amide bonds. The highest BCUT2D eigenvalue weighted by atomic mass is 16.5. The third kappa shape index (κ3) is 2.71. The van der Waals surface area contributed by atoms with Gasteiger partial charge >= 0.3 is 6.01 Å². The third-order valence-corrected chi connectivity index (χ3v) is 3.18. The Morgan fingerprint density at radius 2 is 1.40 bits per heavy atom. The zero-order valence-electron chi connectivity index (χ0n) is 11.6. The summed E-state index contributed by atoms with van der Waals surface area (Å²) < 4.78 is 15.4. The van der Waals surface area contributed by atoms with Crippen molar-refractivity contribution in [1.29, 1.82) is 0 Å². The van der Waals surface area contributed by atoms with Crippen LogP contribution in [0.4, 0.5) is 0 Å². The Labute approximate surface area is 116 Å². The molecule has 0 radical (unpaired) electrons. The van der Waals surface area contributed by atoms with Crippen LogP contribution in [0, 0.1) is 0 Å². The number of nitrogens with zero attached hydrogens (tertiary/aromatic N) is 2. The topological polar surface area (TPSA) is 87.6 Å². The number of methoxy groups -OCH3 is 3. The van der Waals surface area contributed by atoms with Crippen LogP contribution in [0.25, 0.3) is 0 Å². The number of aromatic nitrogens is 2. The van der Waals surface area contributed by atoms with E-state index in [1.54, 1.807) is 0 Å². The molecule has 2 rings (SSSR count). The number of ketones is 2. The monoisotopic (exact) mass is 280 g/mol. The zero-order chi connectivity index (χ0) is 14.7. The van der Waals surface area contributed by atoms with Crippen molar-refractivity contribution in [3.8, 4) is 17.8 Å². The molecule has 20 heavy (non-hydrogen) atoms. The summed E-state index contributed by atoms with van der Waals surface area (Å²) >= 11 is 0. The fraction of sp³-hybridized carbons (Fsp3) is 0.538. The summed E-state index contributed by atoms with van der Waals surface area (Å²) in [5.74, 6) is 0.0271. The molecule has 1 aromatic rings. The number of carbonyl (C=O) groups excluding carboxylic acids is 2. The summed E-state index contributed by atoms with van der Waals surface area (Å²) in [6.07, 6.45) is 0.514. The minimum atomic E-state index is -0.320. The lowest BCUT2D eigenvalue weighted by Crippen LogP contribution is -2.22. The number of carbonyl (C=O) groups is 2. The lowest BCUT2D eigenvalue weighted by Gasteiger charge is -2.23. The molecule has 0 atom stereocenters. The summed E-state index contributed by atoms with van der Waals surface area (Å²) in [5.41, 5.74) is 0.539. The van der Waals surface area contributed by atoms with Gasteiger partial charge in [-0.1, -0.05) is 0 Å². The Morgan fingerprint density at radius 1 is 0.900 bits per heavy atom. The maximum Gasteiger partial charge on any atom is 0.322 e. The maximum absolute atomic E-state index is 11.6. The smallest absolute Gasteiger partial charge is 0.322 e. The van der Waals surface area contributed by atoms with E-state index >= 15 is 0 Å². The highest BCUT2D eigenvalue weighted by Crippen LogP contribution is 2.40. The van der Waals surface area contributed by atoms with Gasteiger partial charge in [0.1, 0.15) is 11.6 Å². The van der Waals surface area contributed by atoms with Crippen LogP contribution in [0.5, 0.6) is 17.8 Å². The van der Waals surface area contributed by atoms with E-state index in [0.29, 0.717) is 5.56 Å². The molecule has 1 aliphatic carbocycles. The van der Waals surface area contributed by atoms with Crippen molar-refractivity contribution in [3.05, 3.63) is 5.56 Å². The van der Waals surface area contributed by atoms with Gasteiger partial charge in [-0.3, -0.25) is 9.59 Å². The van der Waals surface area contributed by atoms with Crippen molar-refractivity contribution >= 4 is 11.6 Å². The average molecular weight is 280 g/mol. The molecule has 0 saturated heterocycles. The highest BCUT2D eigenvalue weighted by molar-refractivity contribution is 6.02. The first-order valence-corrected chi connectivity index (χ1v) is 6.16. The second kappa shape index (κ2) is 5.85. The zero-order valence-corrected chi connectivity index (χ0v) is 11.6. The Hall–Kier alpha value is -2.18. The third-order valence-electron chi connectivity index (χ3n) is 3.18.